The minimum Gasteiger partial charge on any atom is -0.497 e. The van der Waals surface area contributed by atoms with E-state index in [9.17, 15) is 0 Å². The van der Waals surface area contributed by atoms with Crippen LogP contribution in [0.4, 0.5) is 0 Å². The summed E-state index contributed by atoms with van der Waals surface area (Å²) >= 11 is 6.30. The lowest BCUT2D eigenvalue weighted by Crippen LogP contribution is -2.23. The van der Waals surface area contributed by atoms with Crippen LogP contribution in [0.25, 0.3) is 0 Å². The molecule has 1 atom stereocenters. The van der Waals surface area contributed by atoms with Gasteiger partial charge in [0, 0.05) is 5.00 Å². The maximum Gasteiger partial charge on any atom is 0.118 e. The second-order valence-corrected chi connectivity index (χ2v) is 7.14. The van der Waals surface area contributed by atoms with Crippen molar-refractivity contribution in [2.24, 2.45) is 0 Å². The molecule has 0 aromatic heterocycles. The van der Waals surface area contributed by atoms with Crippen molar-refractivity contribution >= 4 is 26.3 Å². The molecule has 0 aliphatic rings. The molecule has 1 nitrogen and oxygen atoms in total. The Morgan fingerprint density at radius 2 is 2.00 bits per heavy atom. The van der Waals surface area contributed by atoms with Gasteiger partial charge in [-0.3, -0.25) is 0 Å². The zero-order chi connectivity index (χ0) is 11.1. The van der Waals surface area contributed by atoms with Crippen LogP contribution in [0.5, 0.6) is 5.75 Å². The highest BCUT2D eigenvalue weighted by atomic mass is 35.5. The molecule has 15 heavy (non-hydrogen) atoms. The third-order valence-corrected chi connectivity index (χ3v) is 4.96. The van der Waals surface area contributed by atoms with Crippen molar-refractivity contribution in [3.63, 3.8) is 0 Å². The predicted octanol–water partition coefficient (Wildman–Crippen LogP) is 2.24. The van der Waals surface area contributed by atoms with Gasteiger partial charge >= 0.3 is 0 Å². The molecule has 0 aliphatic carbocycles. The number of hydrogen-bond acceptors (Lipinski definition) is 1. The standard InChI is InChI=1S/C12H19ClOSi/c1-3-4-5-12(13)15-11-8-6-10(14-2)7-9-11/h6-9,12H,3-5,15H2,1-2H3. The Morgan fingerprint density at radius 3 is 2.53 bits per heavy atom. The molecule has 0 amide bonds. The van der Waals surface area contributed by atoms with Gasteiger partial charge in [-0.1, -0.05) is 37.1 Å². The van der Waals surface area contributed by atoms with Crippen LogP contribution >= 0.6 is 11.6 Å². The molecule has 0 aliphatic heterocycles. The first-order valence-electron chi connectivity index (χ1n) is 5.53. The lowest BCUT2D eigenvalue weighted by molar-refractivity contribution is 0.415. The van der Waals surface area contributed by atoms with Gasteiger partial charge in [0.1, 0.15) is 5.75 Å². The average molecular weight is 243 g/mol. The lowest BCUT2D eigenvalue weighted by atomic mass is 10.3. The van der Waals surface area contributed by atoms with Gasteiger partial charge in [-0.25, -0.2) is 0 Å². The van der Waals surface area contributed by atoms with E-state index >= 15 is 0 Å². The average Bonchev–Trinajstić information content (AvgIpc) is 2.27. The molecule has 84 valence electrons. The van der Waals surface area contributed by atoms with E-state index in [4.69, 9.17) is 16.3 Å². The number of hydrogen-bond donors (Lipinski definition) is 0. The van der Waals surface area contributed by atoms with Gasteiger partial charge in [0.05, 0.1) is 16.6 Å². The fourth-order valence-corrected chi connectivity index (χ4v) is 3.75. The van der Waals surface area contributed by atoms with E-state index in [1.165, 1.54) is 18.0 Å². The molecular formula is C12H19ClOSi. The second-order valence-electron chi connectivity index (χ2n) is 3.79. The molecule has 0 saturated heterocycles. The molecule has 0 fully saturated rings. The van der Waals surface area contributed by atoms with Crippen LogP contribution in [0.15, 0.2) is 24.3 Å². The van der Waals surface area contributed by atoms with Crippen molar-refractivity contribution in [3.8, 4) is 5.75 Å². The molecule has 1 aromatic rings. The Labute approximate surface area is 99.6 Å². The Balaban J connectivity index is 2.42. The summed E-state index contributed by atoms with van der Waals surface area (Å²) in [6.45, 7) is 2.21. The molecular weight excluding hydrogens is 224 g/mol. The van der Waals surface area contributed by atoms with Crippen molar-refractivity contribution < 1.29 is 4.74 Å². The fourth-order valence-electron chi connectivity index (χ4n) is 1.55. The number of rotatable bonds is 6. The first-order chi connectivity index (χ1) is 7.26. The topological polar surface area (TPSA) is 9.23 Å². The van der Waals surface area contributed by atoms with Crippen LogP contribution in [-0.2, 0) is 0 Å². The number of alkyl halides is 1. The Hall–Kier alpha value is -0.473. The van der Waals surface area contributed by atoms with Crippen LogP contribution in [0, 0.1) is 0 Å². The van der Waals surface area contributed by atoms with Crippen molar-refractivity contribution in [1.29, 1.82) is 0 Å². The maximum atomic E-state index is 6.30. The van der Waals surface area contributed by atoms with Gasteiger partial charge in [-0.15, -0.1) is 11.6 Å². The predicted molar refractivity (Wildman–Crippen MR) is 70.3 cm³/mol. The molecule has 0 heterocycles. The number of halogens is 1. The highest BCUT2D eigenvalue weighted by molar-refractivity contribution is 6.64. The van der Waals surface area contributed by atoms with Crippen LogP contribution in [0.2, 0.25) is 0 Å². The lowest BCUT2D eigenvalue weighted by Gasteiger charge is -2.08. The summed E-state index contributed by atoms with van der Waals surface area (Å²) in [5, 5.41) is 1.82. The van der Waals surface area contributed by atoms with Gasteiger partial charge in [0.25, 0.3) is 0 Å². The Kier molecular flexibility index (Phi) is 5.80. The third kappa shape index (κ3) is 4.71. The zero-order valence-corrected chi connectivity index (χ0v) is 11.7. The summed E-state index contributed by atoms with van der Waals surface area (Å²) in [4.78, 5) is 0. The van der Waals surface area contributed by atoms with Crippen LogP contribution < -0.4 is 9.92 Å². The smallest absolute Gasteiger partial charge is 0.118 e. The van der Waals surface area contributed by atoms with Crippen molar-refractivity contribution in [2.45, 2.75) is 31.2 Å². The van der Waals surface area contributed by atoms with E-state index in [1.54, 1.807) is 7.11 Å². The fraction of sp³-hybridized carbons (Fsp3) is 0.500. The molecule has 0 radical (unpaired) electrons. The number of unbranched alkanes of at least 4 members (excludes halogenated alkanes) is 1. The van der Waals surface area contributed by atoms with Gasteiger partial charge < -0.3 is 4.74 Å². The Morgan fingerprint density at radius 1 is 1.33 bits per heavy atom. The molecule has 1 rings (SSSR count). The van der Waals surface area contributed by atoms with Gasteiger partial charge in [0.2, 0.25) is 0 Å². The van der Waals surface area contributed by atoms with Crippen LogP contribution in [0.1, 0.15) is 26.2 Å². The summed E-state index contributed by atoms with van der Waals surface area (Å²) in [7, 11) is 1.37. The SMILES string of the molecule is CCCCC(Cl)[SiH2]c1ccc(OC)cc1. The third-order valence-electron chi connectivity index (χ3n) is 2.49. The number of ether oxygens (including phenoxy) is 1. The van der Waals surface area contributed by atoms with E-state index in [2.05, 4.69) is 19.1 Å². The van der Waals surface area contributed by atoms with E-state index in [0.29, 0.717) is 5.00 Å². The molecule has 0 bridgehead atoms. The summed E-state index contributed by atoms with van der Waals surface area (Å²) < 4.78 is 5.12. The first kappa shape index (κ1) is 12.6. The highest BCUT2D eigenvalue weighted by Gasteiger charge is 2.06. The van der Waals surface area contributed by atoms with Gasteiger partial charge in [-0.05, 0) is 18.6 Å². The van der Waals surface area contributed by atoms with Gasteiger partial charge in [0.15, 0.2) is 0 Å². The molecule has 3 heteroatoms. The minimum atomic E-state index is -0.321. The Bertz CT molecular complexity index is 273. The minimum absolute atomic E-state index is 0.321. The van der Waals surface area contributed by atoms with Gasteiger partial charge in [-0.2, -0.15) is 0 Å². The number of benzene rings is 1. The molecule has 0 spiro atoms. The summed E-state index contributed by atoms with van der Waals surface area (Å²) in [5.74, 6) is 0.924. The molecule has 1 unspecified atom stereocenters. The van der Waals surface area contributed by atoms with Crippen LogP contribution in [-0.4, -0.2) is 21.6 Å². The zero-order valence-electron chi connectivity index (χ0n) is 9.50. The summed E-state index contributed by atoms with van der Waals surface area (Å²) in [5.41, 5.74) is 0. The molecule has 0 N–H and O–H groups in total. The summed E-state index contributed by atoms with van der Waals surface area (Å²) in [6.07, 6.45) is 3.65. The quantitative estimate of drug-likeness (QED) is 0.549. The monoisotopic (exact) mass is 242 g/mol. The second kappa shape index (κ2) is 6.91. The van der Waals surface area contributed by atoms with Crippen LogP contribution in [0.3, 0.4) is 0 Å². The highest BCUT2D eigenvalue weighted by Crippen LogP contribution is 2.08. The van der Waals surface area contributed by atoms with E-state index in [-0.39, 0.29) is 9.52 Å². The normalized spacial score (nSPS) is 13.3. The molecule has 1 aromatic carbocycles. The summed E-state index contributed by atoms with van der Waals surface area (Å²) in [6, 6.07) is 8.33. The van der Waals surface area contributed by atoms with E-state index < -0.39 is 0 Å². The van der Waals surface area contributed by atoms with E-state index in [1.807, 2.05) is 12.1 Å². The van der Waals surface area contributed by atoms with E-state index in [0.717, 1.165) is 12.2 Å². The molecule has 0 saturated carbocycles. The largest absolute Gasteiger partial charge is 0.497 e. The van der Waals surface area contributed by atoms with Crippen molar-refractivity contribution in [3.05, 3.63) is 24.3 Å². The first-order valence-corrected chi connectivity index (χ1v) is 7.49. The van der Waals surface area contributed by atoms with Crippen molar-refractivity contribution in [1.82, 2.24) is 0 Å². The number of methoxy groups -OCH3 is 1. The van der Waals surface area contributed by atoms with Crippen molar-refractivity contribution in [2.75, 3.05) is 7.11 Å². The maximum absolute atomic E-state index is 6.30.